The van der Waals surface area contributed by atoms with Gasteiger partial charge in [0.05, 0.1) is 0 Å². The van der Waals surface area contributed by atoms with E-state index in [1.165, 1.54) is 30.9 Å². The maximum atomic E-state index is 6.59. The van der Waals surface area contributed by atoms with Gasteiger partial charge in [-0.3, -0.25) is 0 Å². The molecule has 0 N–H and O–H groups in total. The van der Waals surface area contributed by atoms with Crippen molar-refractivity contribution in [3.63, 3.8) is 0 Å². The van der Waals surface area contributed by atoms with Crippen molar-refractivity contribution in [1.82, 2.24) is 4.98 Å². The predicted molar refractivity (Wildman–Crippen MR) is 182 cm³/mol. The Kier molecular flexibility index (Phi) is 5.37. The minimum atomic E-state index is 0.616. The van der Waals surface area contributed by atoms with E-state index in [1.54, 1.807) is 0 Å². The summed E-state index contributed by atoms with van der Waals surface area (Å²) in [5.74, 6) is 0.616. The number of oxazole rings is 1. The van der Waals surface area contributed by atoms with Crippen LogP contribution in [0.3, 0.4) is 0 Å². The minimum absolute atomic E-state index is 0.616. The van der Waals surface area contributed by atoms with Gasteiger partial charge in [0.1, 0.15) is 5.52 Å². The fourth-order valence-corrected chi connectivity index (χ4v) is 7.39. The average Bonchev–Trinajstić information content (AvgIpc) is 3.69. The SMILES string of the molecule is c1ccc(N(c2cccc(-c3nc4c5ccccc5c5ccccc5c4o3)c2)c2ccc3sc4ccccc4c3c2)cc1. The van der Waals surface area contributed by atoms with Crippen molar-refractivity contribution in [2.75, 3.05) is 4.90 Å². The zero-order valence-electron chi connectivity index (χ0n) is 23.1. The summed E-state index contributed by atoms with van der Waals surface area (Å²) in [6.45, 7) is 0. The molecule has 0 spiro atoms. The Balaban J connectivity index is 1.24. The molecular weight excluding hydrogens is 545 g/mol. The summed E-state index contributed by atoms with van der Waals surface area (Å²) in [7, 11) is 0. The molecule has 0 bridgehead atoms. The lowest BCUT2D eigenvalue weighted by Gasteiger charge is -2.26. The smallest absolute Gasteiger partial charge is 0.227 e. The Hall–Kier alpha value is -5.45. The van der Waals surface area contributed by atoms with Gasteiger partial charge in [-0.05, 0) is 65.4 Å². The molecule has 0 amide bonds. The normalized spacial score (nSPS) is 11.7. The van der Waals surface area contributed by atoms with E-state index in [2.05, 4.69) is 150 Å². The van der Waals surface area contributed by atoms with Crippen LogP contribution in [0.2, 0.25) is 0 Å². The van der Waals surface area contributed by atoms with Crippen LogP contribution in [-0.2, 0) is 0 Å². The molecule has 0 aliphatic carbocycles. The Bertz CT molecular complexity index is 2400. The average molecular weight is 569 g/mol. The Morgan fingerprint density at radius 2 is 1.09 bits per heavy atom. The van der Waals surface area contributed by atoms with Gasteiger partial charge in [-0.1, -0.05) is 91.0 Å². The number of benzene rings is 7. The molecule has 3 nitrogen and oxygen atoms in total. The number of fused-ring (bicyclic) bond motifs is 9. The fraction of sp³-hybridized carbons (Fsp3) is 0. The molecule has 2 heterocycles. The number of hydrogen-bond acceptors (Lipinski definition) is 4. The summed E-state index contributed by atoms with van der Waals surface area (Å²) in [5.41, 5.74) is 5.89. The highest BCUT2D eigenvalue weighted by Crippen LogP contribution is 2.42. The van der Waals surface area contributed by atoms with Gasteiger partial charge in [0.25, 0.3) is 0 Å². The number of rotatable bonds is 4. The van der Waals surface area contributed by atoms with Crippen LogP contribution >= 0.6 is 11.3 Å². The lowest BCUT2D eigenvalue weighted by molar-refractivity contribution is 0.623. The molecule has 0 aliphatic heterocycles. The second kappa shape index (κ2) is 9.55. The second-order valence-electron chi connectivity index (χ2n) is 10.8. The van der Waals surface area contributed by atoms with Crippen molar-refractivity contribution in [3.8, 4) is 11.5 Å². The van der Waals surface area contributed by atoms with Gasteiger partial charge in [-0.2, -0.15) is 0 Å². The molecule has 0 unspecified atom stereocenters. The molecule has 202 valence electrons. The molecule has 0 fully saturated rings. The van der Waals surface area contributed by atoms with Gasteiger partial charge < -0.3 is 9.32 Å². The molecular formula is C39H24N2OS. The van der Waals surface area contributed by atoms with Crippen LogP contribution in [0, 0.1) is 0 Å². The number of nitrogens with zero attached hydrogens (tertiary/aromatic N) is 2. The first-order valence-corrected chi connectivity index (χ1v) is 15.2. The highest BCUT2D eigenvalue weighted by molar-refractivity contribution is 7.25. The highest BCUT2D eigenvalue weighted by Gasteiger charge is 2.19. The van der Waals surface area contributed by atoms with Crippen LogP contribution in [0.1, 0.15) is 0 Å². The van der Waals surface area contributed by atoms with E-state index < -0.39 is 0 Å². The molecule has 9 aromatic rings. The van der Waals surface area contributed by atoms with Crippen LogP contribution in [0.5, 0.6) is 0 Å². The topological polar surface area (TPSA) is 29.3 Å². The zero-order chi connectivity index (χ0) is 28.3. The molecule has 0 saturated heterocycles. The van der Waals surface area contributed by atoms with E-state index >= 15 is 0 Å². The molecule has 9 rings (SSSR count). The zero-order valence-corrected chi connectivity index (χ0v) is 23.9. The van der Waals surface area contributed by atoms with Crippen molar-refractivity contribution >= 4 is 81.2 Å². The third-order valence-electron chi connectivity index (χ3n) is 8.26. The third-order valence-corrected chi connectivity index (χ3v) is 9.41. The van der Waals surface area contributed by atoms with E-state index in [0.29, 0.717) is 5.89 Å². The fourth-order valence-electron chi connectivity index (χ4n) is 6.30. The molecule has 0 atom stereocenters. The van der Waals surface area contributed by atoms with Gasteiger partial charge in [0.15, 0.2) is 5.58 Å². The van der Waals surface area contributed by atoms with Crippen LogP contribution < -0.4 is 4.90 Å². The van der Waals surface area contributed by atoms with Crippen LogP contribution in [0.15, 0.2) is 150 Å². The monoisotopic (exact) mass is 568 g/mol. The highest BCUT2D eigenvalue weighted by atomic mass is 32.1. The second-order valence-corrected chi connectivity index (χ2v) is 11.9. The standard InChI is InChI=1S/C39H24N2OS/c1-2-12-26(13-3-1)41(28-21-22-36-34(24-28)31-17-8-9-20-35(31)43-36)27-14-10-11-25(23-27)39-40-37-32-18-6-4-15-29(32)30-16-5-7-19-33(30)38(37)42-39/h1-24H. The number of aromatic nitrogens is 1. The molecule has 0 saturated carbocycles. The Morgan fingerprint density at radius 3 is 1.93 bits per heavy atom. The summed E-state index contributed by atoms with van der Waals surface area (Å²) >= 11 is 1.84. The lowest BCUT2D eigenvalue weighted by Crippen LogP contribution is -2.09. The van der Waals surface area contributed by atoms with Crippen molar-refractivity contribution in [3.05, 3.63) is 146 Å². The van der Waals surface area contributed by atoms with Crippen molar-refractivity contribution in [2.45, 2.75) is 0 Å². The molecule has 43 heavy (non-hydrogen) atoms. The first-order valence-electron chi connectivity index (χ1n) is 14.4. The first-order chi connectivity index (χ1) is 21.3. The van der Waals surface area contributed by atoms with Gasteiger partial charge in [0, 0.05) is 53.6 Å². The van der Waals surface area contributed by atoms with Crippen molar-refractivity contribution in [1.29, 1.82) is 0 Å². The summed E-state index contributed by atoms with van der Waals surface area (Å²) in [6, 6.07) is 51.3. The van der Waals surface area contributed by atoms with Crippen molar-refractivity contribution < 1.29 is 4.42 Å². The van der Waals surface area contributed by atoms with E-state index in [0.717, 1.165) is 44.5 Å². The van der Waals surface area contributed by atoms with Gasteiger partial charge in [-0.15, -0.1) is 11.3 Å². The first kappa shape index (κ1) is 24.2. The largest absolute Gasteiger partial charge is 0.435 e. The minimum Gasteiger partial charge on any atom is -0.435 e. The van der Waals surface area contributed by atoms with Gasteiger partial charge >= 0.3 is 0 Å². The van der Waals surface area contributed by atoms with E-state index in [4.69, 9.17) is 9.40 Å². The maximum absolute atomic E-state index is 6.59. The number of para-hydroxylation sites is 1. The van der Waals surface area contributed by atoms with E-state index in [1.807, 2.05) is 11.3 Å². The number of hydrogen-bond donors (Lipinski definition) is 0. The van der Waals surface area contributed by atoms with Crippen molar-refractivity contribution in [2.24, 2.45) is 0 Å². The summed E-state index contributed by atoms with van der Waals surface area (Å²) in [5, 5.41) is 7.10. The quantitative estimate of drug-likeness (QED) is 0.198. The van der Waals surface area contributed by atoms with Gasteiger partial charge in [-0.25, -0.2) is 4.98 Å². The van der Waals surface area contributed by atoms with Crippen LogP contribution in [0.4, 0.5) is 17.1 Å². The Labute approximate surface area is 251 Å². The molecule has 0 radical (unpaired) electrons. The van der Waals surface area contributed by atoms with E-state index in [9.17, 15) is 0 Å². The van der Waals surface area contributed by atoms with Crippen LogP contribution in [-0.4, -0.2) is 4.98 Å². The van der Waals surface area contributed by atoms with E-state index in [-0.39, 0.29) is 0 Å². The molecule has 7 aromatic carbocycles. The predicted octanol–water partition coefficient (Wildman–Crippen LogP) is 11.6. The molecule has 4 heteroatoms. The molecule has 0 aliphatic rings. The maximum Gasteiger partial charge on any atom is 0.227 e. The number of anilines is 3. The Morgan fingerprint density at radius 1 is 0.465 bits per heavy atom. The summed E-state index contributed by atoms with van der Waals surface area (Å²) < 4.78 is 9.18. The number of thiophene rings is 1. The lowest BCUT2D eigenvalue weighted by atomic mass is 10.0. The summed E-state index contributed by atoms with van der Waals surface area (Å²) in [6.07, 6.45) is 0. The molecule has 2 aromatic heterocycles. The summed E-state index contributed by atoms with van der Waals surface area (Å²) in [4.78, 5) is 7.40. The van der Waals surface area contributed by atoms with Crippen LogP contribution in [0.25, 0.3) is 64.3 Å². The third kappa shape index (κ3) is 3.84. The van der Waals surface area contributed by atoms with Gasteiger partial charge in [0.2, 0.25) is 5.89 Å².